The fourth-order valence-electron chi connectivity index (χ4n) is 1.07. The molecule has 5 heteroatoms. The minimum Gasteiger partial charge on any atom is -0.478 e. The van der Waals surface area contributed by atoms with Crippen LogP contribution in [0.1, 0.15) is 5.56 Å². The van der Waals surface area contributed by atoms with Gasteiger partial charge in [-0.1, -0.05) is 23.7 Å². The van der Waals surface area contributed by atoms with Gasteiger partial charge in [0.1, 0.15) is 0 Å². The summed E-state index contributed by atoms with van der Waals surface area (Å²) in [4.78, 5) is 10.5. The van der Waals surface area contributed by atoms with E-state index in [0.29, 0.717) is 10.6 Å². The summed E-state index contributed by atoms with van der Waals surface area (Å²) in [6, 6.07) is 6.87. The van der Waals surface area contributed by atoms with Crippen LogP contribution in [-0.2, 0) is 4.79 Å². The van der Waals surface area contributed by atoms with Gasteiger partial charge in [0.25, 0.3) is 0 Å². The highest BCUT2D eigenvalue weighted by Crippen LogP contribution is 2.16. The van der Waals surface area contributed by atoms with E-state index < -0.39 is 5.97 Å². The summed E-state index contributed by atoms with van der Waals surface area (Å²) in [5.41, 5.74) is 6.78. The Hall–Kier alpha value is -1.03. The third-order valence-corrected chi connectivity index (χ3v) is 1.98. The maximum absolute atomic E-state index is 10.5. The van der Waals surface area contributed by atoms with Crippen LogP contribution < -0.4 is 5.73 Å². The molecule has 0 atom stereocenters. The minimum absolute atomic E-state index is 0. The van der Waals surface area contributed by atoms with Gasteiger partial charge in [-0.15, -0.1) is 12.4 Å². The first kappa shape index (κ1) is 14.0. The molecule has 0 aliphatic rings. The summed E-state index contributed by atoms with van der Waals surface area (Å²) in [6.07, 6.45) is 1.10. The number of carboxylic acid groups (broad SMARTS) is 1. The molecule has 82 valence electrons. The van der Waals surface area contributed by atoms with Crippen molar-refractivity contribution in [1.82, 2.24) is 0 Å². The second kappa shape index (κ2) is 6.45. The number of aliphatic carboxylic acids is 1. The topological polar surface area (TPSA) is 63.3 Å². The van der Waals surface area contributed by atoms with Crippen molar-refractivity contribution in [3.05, 3.63) is 40.9 Å². The Morgan fingerprint density at radius 1 is 1.40 bits per heavy atom. The van der Waals surface area contributed by atoms with Gasteiger partial charge in [-0.3, -0.25) is 0 Å². The number of hydrogen-bond donors (Lipinski definition) is 2. The Morgan fingerprint density at radius 2 is 1.93 bits per heavy atom. The van der Waals surface area contributed by atoms with Gasteiger partial charge in [-0.25, -0.2) is 4.79 Å². The van der Waals surface area contributed by atoms with Gasteiger partial charge in [-0.05, 0) is 23.3 Å². The number of benzene rings is 1. The molecule has 0 spiro atoms. The van der Waals surface area contributed by atoms with E-state index in [1.54, 1.807) is 24.3 Å². The van der Waals surface area contributed by atoms with E-state index in [0.717, 1.165) is 11.6 Å². The van der Waals surface area contributed by atoms with Gasteiger partial charge >= 0.3 is 5.97 Å². The maximum atomic E-state index is 10.5. The van der Waals surface area contributed by atoms with Crippen molar-refractivity contribution in [2.24, 2.45) is 5.73 Å². The fraction of sp³-hybridized carbons (Fsp3) is 0.100. The molecule has 0 aromatic heterocycles. The van der Waals surface area contributed by atoms with Gasteiger partial charge in [0.2, 0.25) is 0 Å². The Bertz CT molecular complexity index is 360. The number of carboxylic acids is 1. The predicted octanol–water partition coefficient (Wildman–Crippen LogP) is 2.19. The predicted molar refractivity (Wildman–Crippen MR) is 63.4 cm³/mol. The fourth-order valence-corrected chi connectivity index (χ4v) is 1.20. The normalized spacial score (nSPS) is 10.7. The molecule has 15 heavy (non-hydrogen) atoms. The minimum atomic E-state index is -1.000. The number of carbonyl (C=O) groups is 1. The van der Waals surface area contributed by atoms with Crippen molar-refractivity contribution in [2.45, 2.75) is 0 Å². The standard InChI is InChI=1S/C10H10ClNO2.ClH/c11-9-3-1-7(2-4-9)8(6-12)5-10(13)14;/h1-5H,6,12H2,(H,13,14);1H/b8-5+;. The monoisotopic (exact) mass is 247 g/mol. The number of halogens is 2. The molecule has 1 aromatic rings. The van der Waals surface area contributed by atoms with E-state index in [1.165, 1.54) is 0 Å². The molecule has 0 saturated heterocycles. The van der Waals surface area contributed by atoms with Crippen LogP contribution in [0.3, 0.4) is 0 Å². The Kier molecular flexibility index (Phi) is 6.01. The first-order chi connectivity index (χ1) is 6.63. The molecule has 0 fully saturated rings. The van der Waals surface area contributed by atoms with Crippen LogP contribution in [0.25, 0.3) is 5.57 Å². The van der Waals surface area contributed by atoms with E-state index in [2.05, 4.69) is 0 Å². The molecule has 0 heterocycles. The Morgan fingerprint density at radius 3 is 2.33 bits per heavy atom. The molecule has 0 amide bonds. The van der Waals surface area contributed by atoms with Gasteiger partial charge in [0.05, 0.1) is 0 Å². The van der Waals surface area contributed by atoms with Crippen molar-refractivity contribution in [1.29, 1.82) is 0 Å². The van der Waals surface area contributed by atoms with Gasteiger partial charge < -0.3 is 10.8 Å². The highest BCUT2D eigenvalue weighted by molar-refractivity contribution is 6.30. The van der Waals surface area contributed by atoms with Crippen molar-refractivity contribution < 1.29 is 9.90 Å². The van der Waals surface area contributed by atoms with Crippen molar-refractivity contribution in [2.75, 3.05) is 6.54 Å². The molecule has 1 aromatic carbocycles. The zero-order valence-electron chi connectivity index (χ0n) is 7.81. The molecular formula is C10H11Cl2NO2. The van der Waals surface area contributed by atoms with Crippen molar-refractivity contribution in [3.8, 4) is 0 Å². The maximum Gasteiger partial charge on any atom is 0.328 e. The van der Waals surface area contributed by atoms with Crippen LogP contribution in [0.5, 0.6) is 0 Å². The van der Waals surface area contributed by atoms with E-state index >= 15 is 0 Å². The second-order valence-electron chi connectivity index (χ2n) is 2.72. The molecule has 0 aliphatic carbocycles. The van der Waals surface area contributed by atoms with Crippen LogP contribution in [-0.4, -0.2) is 17.6 Å². The van der Waals surface area contributed by atoms with Crippen molar-refractivity contribution >= 4 is 35.6 Å². The van der Waals surface area contributed by atoms with Crippen molar-refractivity contribution in [3.63, 3.8) is 0 Å². The summed E-state index contributed by atoms with van der Waals surface area (Å²) in [5.74, 6) is -1.000. The highest BCUT2D eigenvalue weighted by Gasteiger charge is 2.01. The number of rotatable bonds is 3. The van der Waals surface area contributed by atoms with Crippen LogP contribution >= 0.6 is 24.0 Å². The van der Waals surface area contributed by atoms with E-state index in [1.807, 2.05) is 0 Å². The Balaban J connectivity index is 0.00000196. The largest absolute Gasteiger partial charge is 0.478 e. The summed E-state index contributed by atoms with van der Waals surface area (Å²) in [5, 5.41) is 9.18. The third kappa shape index (κ3) is 4.34. The van der Waals surface area contributed by atoms with Gasteiger partial charge in [0.15, 0.2) is 0 Å². The van der Waals surface area contributed by atoms with Crippen LogP contribution in [0.2, 0.25) is 5.02 Å². The molecule has 0 radical (unpaired) electrons. The summed E-state index contributed by atoms with van der Waals surface area (Å²) in [6.45, 7) is 0.188. The van der Waals surface area contributed by atoms with Gasteiger partial charge in [-0.2, -0.15) is 0 Å². The summed E-state index contributed by atoms with van der Waals surface area (Å²) < 4.78 is 0. The van der Waals surface area contributed by atoms with Crippen LogP contribution in [0.15, 0.2) is 30.3 Å². The average Bonchev–Trinajstić information content (AvgIpc) is 2.15. The Labute approximate surface area is 99.0 Å². The summed E-state index contributed by atoms with van der Waals surface area (Å²) >= 11 is 5.70. The average molecular weight is 248 g/mol. The van der Waals surface area contributed by atoms with E-state index in [-0.39, 0.29) is 19.0 Å². The SMILES string of the molecule is Cl.NC/C(=C\C(=O)O)c1ccc(Cl)cc1. The first-order valence-corrected chi connectivity index (χ1v) is 4.41. The zero-order valence-corrected chi connectivity index (χ0v) is 9.39. The highest BCUT2D eigenvalue weighted by atomic mass is 35.5. The summed E-state index contributed by atoms with van der Waals surface area (Å²) in [7, 11) is 0. The lowest BCUT2D eigenvalue weighted by Crippen LogP contribution is -2.04. The third-order valence-electron chi connectivity index (χ3n) is 1.73. The molecule has 0 unspecified atom stereocenters. The molecule has 0 bridgehead atoms. The lowest BCUT2D eigenvalue weighted by atomic mass is 10.1. The zero-order chi connectivity index (χ0) is 10.6. The first-order valence-electron chi connectivity index (χ1n) is 4.03. The quantitative estimate of drug-likeness (QED) is 0.806. The molecule has 0 aliphatic heterocycles. The van der Waals surface area contributed by atoms with E-state index in [4.69, 9.17) is 22.4 Å². The number of hydrogen-bond acceptors (Lipinski definition) is 2. The molecular weight excluding hydrogens is 237 g/mol. The molecule has 1 rings (SSSR count). The lowest BCUT2D eigenvalue weighted by Gasteiger charge is -2.03. The smallest absolute Gasteiger partial charge is 0.328 e. The van der Waals surface area contributed by atoms with Gasteiger partial charge in [0, 0.05) is 17.6 Å². The molecule has 0 saturated carbocycles. The molecule has 3 nitrogen and oxygen atoms in total. The van der Waals surface area contributed by atoms with E-state index in [9.17, 15) is 4.79 Å². The lowest BCUT2D eigenvalue weighted by molar-refractivity contribution is -0.131. The molecule has 3 N–H and O–H groups in total. The number of nitrogens with two attached hydrogens (primary N) is 1. The van der Waals surface area contributed by atoms with Crippen LogP contribution in [0, 0.1) is 0 Å². The second-order valence-corrected chi connectivity index (χ2v) is 3.16. The van der Waals surface area contributed by atoms with Crippen LogP contribution in [0.4, 0.5) is 0 Å².